The van der Waals surface area contributed by atoms with Crippen molar-refractivity contribution in [1.29, 1.82) is 0 Å². The normalized spacial score (nSPS) is 19.0. The monoisotopic (exact) mass is 542 g/mol. The first-order valence-electron chi connectivity index (χ1n) is 11.9. The van der Waals surface area contributed by atoms with Gasteiger partial charge in [0.1, 0.15) is 16.5 Å². The van der Waals surface area contributed by atoms with Gasteiger partial charge in [-0.3, -0.25) is 4.79 Å². The highest BCUT2D eigenvalue weighted by atomic mass is 32.2. The fraction of sp³-hybridized carbons (Fsp3) is 0.440. The number of hydrogen-bond donors (Lipinski definition) is 0. The molecule has 1 saturated heterocycles. The Morgan fingerprint density at radius 1 is 1.08 bits per heavy atom. The molecule has 7 nitrogen and oxygen atoms in total. The minimum Gasteiger partial charge on any atom is -0.495 e. The number of alkyl halides is 3. The highest BCUT2D eigenvalue weighted by Gasteiger charge is 2.37. The van der Waals surface area contributed by atoms with E-state index in [4.69, 9.17) is 4.74 Å². The maximum Gasteiger partial charge on any atom is 0.417 e. The molecule has 37 heavy (non-hydrogen) atoms. The van der Waals surface area contributed by atoms with E-state index in [9.17, 15) is 30.8 Å². The Morgan fingerprint density at radius 2 is 1.78 bits per heavy atom. The molecule has 2 aromatic rings. The molecule has 2 aliphatic rings. The number of benzene rings is 2. The van der Waals surface area contributed by atoms with Gasteiger partial charge < -0.3 is 14.5 Å². The standard InChI is InChI=1S/C25H28F4N3O4S/c1-17-4-3-9-32(16-17)37(34,35)19-6-8-23(36-2)22(15-19)30-10-12-31(13-11-30)24(33)20-7-5-18(26)14-21(20)25(27,28)29/h5-8,14-17H,3-4,9-13H2,1-2H3/q+1. The third-order valence-electron chi connectivity index (χ3n) is 6.64. The largest absolute Gasteiger partial charge is 0.495 e. The van der Waals surface area contributed by atoms with Crippen molar-refractivity contribution in [2.24, 2.45) is 5.92 Å². The van der Waals surface area contributed by atoms with Crippen molar-refractivity contribution in [2.75, 3.05) is 44.7 Å². The summed E-state index contributed by atoms with van der Waals surface area (Å²) in [5.74, 6) is -1.34. The summed E-state index contributed by atoms with van der Waals surface area (Å²) >= 11 is 0. The number of rotatable bonds is 5. The van der Waals surface area contributed by atoms with Crippen molar-refractivity contribution in [3.63, 3.8) is 0 Å². The van der Waals surface area contributed by atoms with Crippen LogP contribution in [0.4, 0.5) is 23.2 Å². The van der Waals surface area contributed by atoms with Crippen molar-refractivity contribution in [1.82, 2.24) is 4.90 Å². The number of carbonyl (C=O) groups excluding carboxylic acids is 1. The second-order valence-corrected chi connectivity index (χ2v) is 11.1. The SMILES string of the molecule is COc1ccc(S(=O)(=O)[N+]2=CC(C)CCC2)cc1N1CCN(C(=O)c2ccc(F)cc2C(F)(F)F)CC1. The van der Waals surface area contributed by atoms with Crippen molar-refractivity contribution in [3.8, 4) is 5.75 Å². The van der Waals surface area contributed by atoms with Crippen LogP contribution in [0.3, 0.4) is 0 Å². The Labute approximate surface area is 213 Å². The van der Waals surface area contributed by atoms with E-state index < -0.39 is 39.1 Å². The van der Waals surface area contributed by atoms with Gasteiger partial charge in [0, 0.05) is 38.5 Å². The summed E-state index contributed by atoms with van der Waals surface area (Å²) in [6, 6.07) is 6.58. The lowest BCUT2D eigenvalue weighted by Crippen LogP contribution is -2.49. The Balaban J connectivity index is 1.56. The zero-order chi connectivity index (χ0) is 27.0. The summed E-state index contributed by atoms with van der Waals surface area (Å²) in [6.07, 6.45) is -1.47. The van der Waals surface area contributed by atoms with Crippen molar-refractivity contribution in [2.45, 2.75) is 30.8 Å². The third kappa shape index (κ3) is 5.58. The third-order valence-corrected chi connectivity index (χ3v) is 8.41. The lowest BCUT2D eigenvalue weighted by Gasteiger charge is -2.37. The van der Waals surface area contributed by atoms with E-state index in [1.54, 1.807) is 12.3 Å². The van der Waals surface area contributed by atoms with E-state index in [0.29, 0.717) is 24.0 Å². The first-order chi connectivity index (χ1) is 17.4. The van der Waals surface area contributed by atoms with Gasteiger partial charge in [0.2, 0.25) is 0 Å². The maximum absolute atomic E-state index is 13.5. The van der Waals surface area contributed by atoms with Crippen molar-refractivity contribution < 1.29 is 39.5 Å². The van der Waals surface area contributed by atoms with Crippen molar-refractivity contribution in [3.05, 3.63) is 53.3 Å². The van der Waals surface area contributed by atoms with Crippen LogP contribution in [-0.4, -0.2) is 69.3 Å². The topological polar surface area (TPSA) is 69.9 Å². The zero-order valence-electron chi connectivity index (χ0n) is 20.5. The number of amides is 1. The number of anilines is 1. The Hall–Kier alpha value is -3.15. The Kier molecular flexibility index (Phi) is 7.50. The number of sulfonamides is 1. The van der Waals surface area contributed by atoms with Crippen LogP contribution in [-0.2, 0) is 16.2 Å². The van der Waals surface area contributed by atoms with E-state index in [1.807, 2.05) is 11.8 Å². The molecular formula is C25H28F4N3O4S+. The number of carbonyl (C=O) groups is 1. The van der Waals surface area contributed by atoms with Crippen LogP contribution >= 0.6 is 0 Å². The van der Waals surface area contributed by atoms with Gasteiger partial charge in [-0.2, -0.15) is 21.6 Å². The number of nitrogens with zero attached hydrogens (tertiary/aromatic N) is 3. The minimum atomic E-state index is -4.88. The lowest BCUT2D eigenvalue weighted by atomic mass is 10.0. The molecule has 12 heteroatoms. The molecule has 4 rings (SSSR count). The van der Waals surface area contributed by atoms with Crippen LogP contribution in [0, 0.1) is 11.7 Å². The number of methoxy groups -OCH3 is 1. The molecule has 0 aromatic heterocycles. The molecule has 2 heterocycles. The molecule has 0 radical (unpaired) electrons. The van der Waals surface area contributed by atoms with Gasteiger partial charge in [-0.05, 0) is 42.8 Å². The zero-order valence-corrected chi connectivity index (χ0v) is 21.3. The lowest BCUT2D eigenvalue weighted by molar-refractivity contribution is -0.370. The summed E-state index contributed by atoms with van der Waals surface area (Å²) in [7, 11) is -2.31. The van der Waals surface area contributed by atoms with E-state index in [0.717, 1.165) is 25.0 Å². The van der Waals surface area contributed by atoms with Crippen LogP contribution in [0.1, 0.15) is 35.7 Å². The number of ether oxygens (including phenoxy) is 1. The van der Waals surface area contributed by atoms with E-state index >= 15 is 0 Å². The molecule has 1 amide bonds. The molecule has 0 aliphatic carbocycles. The minimum absolute atomic E-state index is 0.0883. The predicted molar refractivity (Wildman–Crippen MR) is 129 cm³/mol. The smallest absolute Gasteiger partial charge is 0.417 e. The molecular weight excluding hydrogens is 514 g/mol. The average molecular weight is 543 g/mol. The number of hydrogen-bond acceptors (Lipinski definition) is 5. The van der Waals surface area contributed by atoms with E-state index in [1.165, 1.54) is 28.1 Å². The summed E-state index contributed by atoms with van der Waals surface area (Å²) in [4.78, 5) is 16.1. The van der Waals surface area contributed by atoms with Gasteiger partial charge in [-0.25, -0.2) is 4.39 Å². The maximum atomic E-state index is 13.5. The Bertz CT molecular complexity index is 1320. The molecule has 2 aliphatic heterocycles. The molecule has 200 valence electrons. The second-order valence-electron chi connectivity index (χ2n) is 9.18. The number of piperazine rings is 1. The summed E-state index contributed by atoms with van der Waals surface area (Å²) < 4.78 is 87.0. The Morgan fingerprint density at radius 3 is 2.41 bits per heavy atom. The molecule has 0 spiro atoms. The van der Waals surface area contributed by atoms with Gasteiger partial charge >= 0.3 is 16.2 Å². The van der Waals surface area contributed by atoms with Crippen LogP contribution in [0.25, 0.3) is 0 Å². The van der Waals surface area contributed by atoms with Crippen LogP contribution in [0.2, 0.25) is 0 Å². The summed E-state index contributed by atoms with van der Waals surface area (Å²) in [5, 5.41) is 0. The van der Waals surface area contributed by atoms with Gasteiger partial charge in [-0.15, -0.1) is 3.98 Å². The quantitative estimate of drug-likeness (QED) is 0.422. The van der Waals surface area contributed by atoms with Crippen molar-refractivity contribution >= 4 is 27.8 Å². The van der Waals surface area contributed by atoms with Crippen LogP contribution in [0.15, 0.2) is 41.3 Å². The van der Waals surface area contributed by atoms with Gasteiger partial charge in [0.25, 0.3) is 5.91 Å². The fourth-order valence-corrected chi connectivity index (χ4v) is 6.18. The van der Waals surface area contributed by atoms with E-state index in [2.05, 4.69) is 0 Å². The molecule has 0 N–H and O–H groups in total. The van der Waals surface area contributed by atoms with Gasteiger partial charge in [-0.1, -0.05) is 6.92 Å². The highest BCUT2D eigenvalue weighted by molar-refractivity contribution is 7.85. The molecule has 2 aromatic carbocycles. The summed E-state index contributed by atoms with van der Waals surface area (Å²) in [5.41, 5.74) is -1.41. The van der Waals surface area contributed by atoms with Crippen LogP contribution in [0.5, 0.6) is 5.75 Å². The molecule has 1 unspecified atom stereocenters. The predicted octanol–water partition coefficient (Wildman–Crippen LogP) is 4.02. The highest BCUT2D eigenvalue weighted by Crippen LogP contribution is 2.35. The second kappa shape index (κ2) is 10.3. The molecule has 1 atom stereocenters. The first-order valence-corrected chi connectivity index (χ1v) is 13.3. The average Bonchev–Trinajstić information content (AvgIpc) is 2.87. The van der Waals surface area contributed by atoms with E-state index in [-0.39, 0.29) is 37.0 Å². The number of halogens is 4. The first kappa shape index (κ1) is 26.9. The van der Waals surface area contributed by atoms with Gasteiger partial charge in [0.15, 0.2) is 12.8 Å². The van der Waals surface area contributed by atoms with Crippen LogP contribution < -0.4 is 9.64 Å². The van der Waals surface area contributed by atoms with Gasteiger partial charge in [0.05, 0.1) is 23.9 Å². The fourth-order valence-electron chi connectivity index (χ4n) is 4.67. The molecule has 0 saturated carbocycles. The molecule has 1 fully saturated rings. The summed E-state index contributed by atoms with van der Waals surface area (Å²) in [6.45, 7) is 3.02. The molecule has 0 bridgehead atoms.